The second-order valence-corrected chi connectivity index (χ2v) is 6.96. The quantitative estimate of drug-likeness (QED) is 0.822. The monoisotopic (exact) mass is 361 g/mol. The molecule has 1 aromatic heterocycles. The number of benzene rings is 1. The number of nitrogens with zero attached hydrogens (tertiary/aromatic N) is 3. The lowest BCUT2D eigenvalue weighted by Crippen LogP contribution is -2.44. The van der Waals surface area contributed by atoms with Crippen LogP contribution in [-0.4, -0.2) is 55.3 Å². The molecular weight excluding hydrogens is 342 g/mol. The number of pyridine rings is 1. The van der Waals surface area contributed by atoms with Gasteiger partial charge in [-0.2, -0.15) is 0 Å². The third kappa shape index (κ3) is 2.85. The molecule has 0 amide bonds. The highest BCUT2D eigenvalue weighted by Gasteiger charge is 2.29. The first-order chi connectivity index (χ1) is 10.8. The van der Waals surface area contributed by atoms with E-state index in [4.69, 9.17) is 9.72 Å². The Hall–Kier alpha value is -1.17. The zero-order valence-electron chi connectivity index (χ0n) is 12.5. The molecule has 2 fully saturated rings. The smallest absolute Gasteiger partial charge is 0.129 e. The Morgan fingerprint density at radius 1 is 1.09 bits per heavy atom. The van der Waals surface area contributed by atoms with Gasteiger partial charge < -0.3 is 9.64 Å². The molecule has 1 aromatic carbocycles. The lowest BCUT2D eigenvalue weighted by atomic mass is 10.2. The van der Waals surface area contributed by atoms with Crippen LogP contribution < -0.4 is 4.90 Å². The van der Waals surface area contributed by atoms with Gasteiger partial charge in [-0.05, 0) is 30.7 Å². The SMILES string of the molecule is Brc1ccc2ccc(N3CCC(N4CCOCC4)C3)nc2c1. The molecule has 0 spiro atoms. The molecule has 0 aliphatic carbocycles. The average molecular weight is 362 g/mol. The van der Waals surface area contributed by atoms with Crippen LogP contribution in [0.25, 0.3) is 10.9 Å². The molecule has 3 heterocycles. The highest BCUT2D eigenvalue weighted by molar-refractivity contribution is 9.10. The van der Waals surface area contributed by atoms with E-state index >= 15 is 0 Å². The minimum atomic E-state index is 0.643. The Morgan fingerprint density at radius 2 is 1.91 bits per heavy atom. The van der Waals surface area contributed by atoms with E-state index in [-0.39, 0.29) is 0 Å². The Bertz CT molecular complexity index is 672. The highest BCUT2D eigenvalue weighted by Crippen LogP contribution is 2.25. The van der Waals surface area contributed by atoms with Crippen molar-refractivity contribution < 1.29 is 4.74 Å². The third-order valence-corrected chi connectivity index (χ3v) is 5.18. The molecule has 0 radical (unpaired) electrons. The van der Waals surface area contributed by atoms with Crippen molar-refractivity contribution in [1.29, 1.82) is 0 Å². The number of hydrogen-bond donors (Lipinski definition) is 0. The summed E-state index contributed by atoms with van der Waals surface area (Å²) in [7, 11) is 0. The molecule has 1 unspecified atom stereocenters. The van der Waals surface area contributed by atoms with Crippen molar-refractivity contribution in [2.45, 2.75) is 12.5 Å². The molecule has 2 saturated heterocycles. The number of ether oxygens (including phenoxy) is 1. The van der Waals surface area contributed by atoms with E-state index in [0.717, 1.165) is 55.2 Å². The van der Waals surface area contributed by atoms with Gasteiger partial charge in [0.05, 0.1) is 18.7 Å². The molecule has 2 aliphatic heterocycles. The van der Waals surface area contributed by atoms with Crippen LogP contribution in [0.2, 0.25) is 0 Å². The standard InChI is InChI=1S/C17H20BrN3O/c18-14-3-1-13-2-4-17(19-16(13)11-14)21-6-5-15(12-21)20-7-9-22-10-8-20/h1-4,11,15H,5-10,12H2. The number of rotatable bonds is 2. The van der Waals surface area contributed by atoms with Crippen LogP contribution in [0.1, 0.15) is 6.42 Å². The summed E-state index contributed by atoms with van der Waals surface area (Å²) in [4.78, 5) is 9.84. The summed E-state index contributed by atoms with van der Waals surface area (Å²) in [5.41, 5.74) is 1.06. The van der Waals surface area contributed by atoms with Crippen LogP contribution in [0.5, 0.6) is 0 Å². The first kappa shape index (κ1) is 14.4. The summed E-state index contributed by atoms with van der Waals surface area (Å²) in [6.07, 6.45) is 1.22. The molecule has 0 N–H and O–H groups in total. The fourth-order valence-corrected chi connectivity index (χ4v) is 3.80. The molecule has 5 heteroatoms. The van der Waals surface area contributed by atoms with E-state index in [1.54, 1.807) is 0 Å². The Morgan fingerprint density at radius 3 is 2.77 bits per heavy atom. The van der Waals surface area contributed by atoms with Gasteiger partial charge in [0, 0.05) is 42.1 Å². The second kappa shape index (κ2) is 6.14. The maximum absolute atomic E-state index is 5.46. The topological polar surface area (TPSA) is 28.6 Å². The maximum Gasteiger partial charge on any atom is 0.129 e. The van der Waals surface area contributed by atoms with Gasteiger partial charge in [0.25, 0.3) is 0 Å². The van der Waals surface area contributed by atoms with Crippen molar-refractivity contribution in [3.63, 3.8) is 0 Å². The van der Waals surface area contributed by atoms with Crippen molar-refractivity contribution in [3.8, 4) is 0 Å². The van der Waals surface area contributed by atoms with E-state index in [1.807, 2.05) is 0 Å². The molecular formula is C17H20BrN3O. The minimum absolute atomic E-state index is 0.643. The second-order valence-electron chi connectivity index (χ2n) is 6.04. The molecule has 4 nitrogen and oxygen atoms in total. The largest absolute Gasteiger partial charge is 0.379 e. The zero-order valence-corrected chi connectivity index (χ0v) is 14.1. The van der Waals surface area contributed by atoms with E-state index in [2.05, 4.69) is 56.1 Å². The number of morpholine rings is 1. The van der Waals surface area contributed by atoms with Gasteiger partial charge in [-0.25, -0.2) is 4.98 Å². The molecule has 0 saturated carbocycles. The minimum Gasteiger partial charge on any atom is -0.379 e. The van der Waals surface area contributed by atoms with E-state index in [9.17, 15) is 0 Å². The summed E-state index contributed by atoms with van der Waals surface area (Å²) in [5, 5.41) is 1.19. The fourth-order valence-electron chi connectivity index (χ4n) is 3.45. The molecule has 1 atom stereocenters. The highest BCUT2D eigenvalue weighted by atomic mass is 79.9. The number of halogens is 1. The number of hydrogen-bond acceptors (Lipinski definition) is 4. The summed E-state index contributed by atoms with van der Waals surface area (Å²) in [6, 6.07) is 11.2. The van der Waals surface area contributed by atoms with Crippen LogP contribution in [0.15, 0.2) is 34.8 Å². The van der Waals surface area contributed by atoms with Gasteiger partial charge in [-0.3, -0.25) is 4.90 Å². The van der Waals surface area contributed by atoms with Gasteiger partial charge in [0.15, 0.2) is 0 Å². The van der Waals surface area contributed by atoms with Gasteiger partial charge in [0.2, 0.25) is 0 Å². The summed E-state index contributed by atoms with van der Waals surface area (Å²) in [6.45, 7) is 6.05. The number of fused-ring (bicyclic) bond motifs is 1. The van der Waals surface area contributed by atoms with Gasteiger partial charge >= 0.3 is 0 Å². The zero-order chi connectivity index (χ0) is 14.9. The normalized spacial score (nSPS) is 23.3. The summed E-state index contributed by atoms with van der Waals surface area (Å²) < 4.78 is 6.54. The summed E-state index contributed by atoms with van der Waals surface area (Å²) in [5.74, 6) is 1.10. The maximum atomic E-state index is 5.46. The van der Waals surface area contributed by atoms with E-state index in [1.165, 1.54) is 11.8 Å². The van der Waals surface area contributed by atoms with E-state index in [0.29, 0.717) is 6.04 Å². The van der Waals surface area contributed by atoms with Crippen molar-refractivity contribution in [2.75, 3.05) is 44.3 Å². The molecule has 2 aliphatic rings. The molecule has 2 aromatic rings. The van der Waals surface area contributed by atoms with Gasteiger partial charge in [-0.15, -0.1) is 0 Å². The molecule has 4 rings (SSSR count). The predicted molar refractivity (Wildman–Crippen MR) is 92.5 cm³/mol. The fraction of sp³-hybridized carbons (Fsp3) is 0.471. The van der Waals surface area contributed by atoms with Crippen molar-refractivity contribution in [1.82, 2.24) is 9.88 Å². The lowest BCUT2D eigenvalue weighted by molar-refractivity contribution is 0.0209. The van der Waals surface area contributed by atoms with Crippen LogP contribution in [0.4, 0.5) is 5.82 Å². The van der Waals surface area contributed by atoms with Gasteiger partial charge in [0.1, 0.15) is 5.82 Å². The van der Waals surface area contributed by atoms with Crippen LogP contribution >= 0.6 is 15.9 Å². The number of anilines is 1. The first-order valence-corrected chi connectivity index (χ1v) is 8.72. The Kier molecular flexibility index (Phi) is 4.03. The van der Waals surface area contributed by atoms with Crippen LogP contribution in [0, 0.1) is 0 Å². The van der Waals surface area contributed by atoms with Crippen LogP contribution in [-0.2, 0) is 4.74 Å². The van der Waals surface area contributed by atoms with Crippen LogP contribution in [0.3, 0.4) is 0 Å². The average Bonchev–Trinajstić information content (AvgIpc) is 3.05. The predicted octanol–water partition coefficient (Wildman–Crippen LogP) is 2.91. The van der Waals surface area contributed by atoms with Gasteiger partial charge in [-0.1, -0.05) is 22.0 Å². The van der Waals surface area contributed by atoms with Crippen molar-refractivity contribution >= 4 is 32.7 Å². The number of aromatic nitrogens is 1. The Balaban J connectivity index is 1.52. The lowest BCUT2D eigenvalue weighted by Gasteiger charge is -2.32. The summed E-state index contributed by atoms with van der Waals surface area (Å²) >= 11 is 3.53. The van der Waals surface area contributed by atoms with Crippen molar-refractivity contribution in [2.24, 2.45) is 0 Å². The molecule has 22 heavy (non-hydrogen) atoms. The van der Waals surface area contributed by atoms with Crippen molar-refractivity contribution in [3.05, 3.63) is 34.8 Å². The molecule has 116 valence electrons. The third-order valence-electron chi connectivity index (χ3n) is 4.69. The van der Waals surface area contributed by atoms with E-state index < -0.39 is 0 Å². The molecule has 0 bridgehead atoms. The first-order valence-electron chi connectivity index (χ1n) is 7.93. The Labute approximate surface area is 139 Å².